The predicted molar refractivity (Wildman–Crippen MR) is 75.1 cm³/mol. The Balaban J connectivity index is 1.95. The lowest BCUT2D eigenvalue weighted by atomic mass is 9.80. The molecule has 19 heavy (non-hydrogen) atoms. The van der Waals surface area contributed by atoms with Gasteiger partial charge in [-0.3, -0.25) is 0 Å². The first-order valence-corrected chi connectivity index (χ1v) is 7.97. The largest absolute Gasteiger partial charge is 0.399 e. The molecule has 0 heterocycles. The van der Waals surface area contributed by atoms with E-state index in [2.05, 4.69) is 4.72 Å². The molecule has 0 amide bonds. The van der Waals surface area contributed by atoms with Crippen LogP contribution in [0.5, 0.6) is 0 Å². The van der Waals surface area contributed by atoms with Crippen molar-refractivity contribution in [3.8, 4) is 0 Å². The zero-order valence-corrected chi connectivity index (χ0v) is 11.9. The number of ether oxygens (including phenoxy) is 1. The van der Waals surface area contributed by atoms with E-state index < -0.39 is 10.0 Å². The van der Waals surface area contributed by atoms with Crippen LogP contribution in [0.25, 0.3) is 0 Å². The van der Waals surface area contributed by atoms with Gasteiger partial charge >= 0.3 is 0 Å². The monoisotopic (exact) mass is 284 g/mol. The second-order valence-electron chi connectivity index (χ2n) is 5.07. The molecular weight excluding hydrogens is 264 g/mol. The summed E-state index contributed by atoms with van der Waals surface area (Å²) < 4.78 is 32.0. The second-order valence-corrected chi connectivity index (χ2v) is 6.87. The van der Waals surface area contributed by atoms with E-state index in [0.717, 1.165) is 19.3 Å². The van der Waals surface area contributed by atoms with E-state index in [1.54, 1.807) is 31.4 Å². The molecule has 0 bridgehead atoms. The van der Waals surface area contributed by atoms with Gasteiger partial charge in [0, 0.05) is 19.3 Å². The number of anilines is 1. The Morgan fingerprint density at radius 3 is 2.68 bits per heavy atom. The van der Waals surface area contributed by atoms with Crippen LogP contribution in [0.4, 0.5) is 5.69 Å². The average Bonchev–Trinajstić information content (AvgIpc) is 2.27. The summed E-state index contributed by atoms with van der Waals surface area (Å²) in [6.07, 6.45) is 2.90. The summed E-state index contributed by atoms with van der Waals surface area (Å²) in [4.78, 5) is 0. The van der Waals surface area contributed by atoms with Gasteiger partial charge in [-0.1, -0.05) is 12.1 Å². The van der Waals surface area contributed by atoms with Crippen molar-refractivity contribution in [2.45, 2.75) is 30.6 Å². The molecule has 0 aliphatic heterocycles. The third-order valence-corrected chi connectivity index (χ3v) is 4.92. The number of nitrogens with two attached hydrogens (primary N) is 1. The maximum Gasteiger partial charge on any atom is 0.215 e. The van der Waals surface area contributed by atoms with Crippen LogP contribution in [0.1, 0.15) is 24.8 Å². The summed E-state index contributed by atoms with van der Waals surface area (Å²) in [6, 6.07) is 6.92. The topological polar surface area (TPSA) is 81.4 Å². The van der Waals surface area contributed by atoms with Gasteiger partial charge in [0.05, 0.1) is 11.4 Å². The van der Waals surface area contributed by atoms with Gasteiger partial charge in [-0.05, 0) is 37.0 Å². The summed E-state index contributed by atoms with van der Waals surface area (Å²) >= 11 is 0. The molecule has 1 aliphatic rings. The molecule has 0 saturated heterocycles. The fourth-order valence-corrected chi connectivity index (χ4v) is 3.42. The smallest absolute Gasteiger partial charge is 0.215 e. The molecule has 1 aromatic carbocycles. The van der Waals surface area contributed by atoms with E-state index in [9.17, 15) is 8.42 Å². The van der Waals surface area contributed by atoms with Crippen LogP contribution in [-0.2, 0) is 20.5 Å². The molecule has 106 valence electrons. The van der Waals surface area contributed by atoms with E-state index in [-0.39, 0.29) is 11.4 Å². The van der Waals surface area contributed by atoms with Crippen LogP contribution in [0.2, 0.25) is 0 Å². The summed E-state index contributed by atoms with van der Waals surface area (Å²) in [6.45, 7) is 0.341. The molecule has 6 heteroatoms. The van der Waals surface area contributed by atoms with Gasteiger partial charge in [-0.2, -0.15) is 0 Å². The Morgan fingerprint density at radius 1 is 1.42 bits per heavy atom. The first-order valence-electron chi connectivity index (χ1n) is 6.32. The maximum absolute atomic E-state index is 12.0. The van der Waals surface area contributed by atoms with Crippen molar-refractivity contribution in [1.29, 1.82) is 0 Å². The third-order valence-electron chi connectivity index (χ3n) is 3.62. The molecule has 0 atom stereocenters. The Morgan fingerprint density at radius 2 is 2.16 bits per heavy atom. The van der Waals surface area contributed by atoms with Gasteiger partial charge in [0.25, 0.3) is 0 Å². The number of rotatable bonds is 6. The molecule has 5 nitrogen and oxygen atoms in total. The number of methoxy groups -OCH3 is 1. The van der Waals surface area contributed by atoms with Crippen molar-refractivity contribution in [3.63, 3.8) is 0 Å². The van der Waals surface area contributed by atoms with Crippen LogP contribution in [-0.4, -0.2) is 27.7 Å². The highest BCUT2D eigenvalue weighted by molar-refractivity contribution is 7.88. The molecule has 0 unspecified atom stereocenters. The summed E-state index contributed by atoms with van der Waals surface area (Å²) in [5.41, 5.74) is 6.59. The number of benzene rings is 1. The normalized spacial score (nSPS) is 17.9. The van der Waals surface area contributed by atoms with Gasteiger partial charge in [0.1, 0.15) is 0 Å². The van der Waals surface area contributed by atoms with Crippen molar-refractivity contribution in [3.05, 3.63) is 29.8 Å². The van der Waals surface area contributed by atoms with E-state index in [1.165, 1.54) is 0 Å². The van der Waals surface area contributed by atoms with Crippen LogP contribution < -0.4 is 10.5 Å². The van der Waals surface area contributed by atoms with Gasteiger partial charge in [0.2, 0.25) is 10.0 Å². The average molecular weight is 284 g/mol. The van der Waals surface area contributed by atoms with Crippen molar-refractivity contribution in [1.82, 2.24) is 4.72 Å². The van der Waals surface area contributed by atoms with Gasteiger partial charge in [-0.25, -0.2) is 13.1 Å². The van der Waals surface area contributed by atoms with Gasteiger partial charge < -0.3 is 10.5 Å². The number of nitrogen functional groups attached to an aromatic ring is 1. The minimum Gasteiger partial charge on any atom is -0.399 e. The first kappa shape index (κ1) is 14.3. The van der Waals surface area contributed by atoms with Crippen molar-refractivity contribution >= 4 is 15.7 Å². The molecule has 1 aromatic rings. The zero-order chi connectivity index (χ0) is 13.9. The van der Waals surface area contributed by atoms with E-state index >= 15 is 0 Å². The Labute approximate surface area is 114 Å². The van der Waals surface area contributed by atoms with E-state index in [1.807, 2.05) is 0 Å². The lowest BCUT2D eigenvalue weighted by Gasteiger charge is -2.40. The molecule has 0 aromatic heterocycles. The molecule has 0 spiro atoms. The Bertz CT molecular complexity index is 533. The van der Waals surface area contributed by atoms with Crippen LogP contribution in [0, 0.1) is 0 Å². The van der Waals surface area contributed by atoms with Gasteiger partial charge in [0.15, 0.2) is 0 Å². The van der Waals surface area contributed by atoms with Crippen molar-refractivity contribution < 1.29 is 13.2 Å². The summed E-state index contributed by atoms with van der Waals surface area (Å²) in [5.74, 6) is -0.0577. The van der Waals surface area contributed by atoms with Gasteiger partial charge in [-0.15, -0.1) is 0 Å². The molecular formula is C13H20N2O3S. The fraction of sp³-hybridized carbons (Fsp3) is 0.538. The minimum atomic E-state index is -3.36. The maximum atomic E-state index is 12.0. The molecule has 1 fully saturated rings. The third kappa shape index (κ3) is 3.68. The molecule has 1 aliphatic carbocycles. The zero-order valence-electron chi connectivity index (χ0n) is 11.1. The van der Waals surface area contributed by atoms with E-state index in [0.29, 0.717) is 17.8 Å². The number of sulfonamides is 1. The van der Waals surface area contributed by atoms with E-state index in [4.69, 9.17) is 10.5 Å². The summed E-state index contributed by atoms with van der Waals surface area (Å²) in [7, 11) is -1.73. The fourth-order valence-electron chi connectivity index (χ4n) is 2.22. The number of hydrogen-bond donors (Lipinski definition) is 2. The van der Waals surface area contributed by atoms with Crippen LogP contribution in [0.15, 0.2) is 24.3 Å². The lowest BCUT2D eigenvalue weighted by Crippen LogP contribution is -2.49. The van der Waals surface area contributed by atoms with Crippen LogP contribution >= 0.6 is 0 Å². The van der Waals surface area contributed by atoms with Crippen molar-refractivity contribution in [2.24, 2.45) is 0 Å². The molecule has 0 radical (unpaired) electrons. The van der Waals surface area contributed by atoms with Crippen molar-refractivity contribution in [2.75, 3.05) is 19.4 Å². The number of hydrogen-bond acceptors (Lipinski definition) is 4. The highest BCUT2D eigenvalue weighted by Gasteiger charge is 2.37. The lowest BCUT2D eigenvalue weighted by molar-refractivity contribution is -0.0659. The minimum absolute atomic E-state index is 0.0577. The number of nitrogens with one attached hydrogen (secondary N) is 1. The second kappa shape index (κ2) is 5.48. The molecule has 1 saturated carbocycles. The SMILES string of the molecule is COC1(CNS(=O)(=O)Cc2cccc(N)c2)CCC1. The Kier molecular flexibility index (Phi) is 4.13. The predicted octanol–water partition coefficient (Wildman–Crippen LogP) is 1.26. The Hall–Kier alpha value is -1.11. The first-order chi connectivity index (χ1) is 8.95. The quantitative estimate of drug-likeness (QED) is 0.771. The van der Waals surface area contributed by atoms with Crippen LogP contribution in [0.3, 0.4) is 0 Å². The molecule has 2 rings (SSSR count). The highest BCUT2D eigenvalue weighted by Crippen LogP contribution is 2.34. The summed E-state index contributed by atoms with van der Waals surface area (Å²) in [5, 5.41) is 0. The highest BCUT2D eigenvalue weighted by atomic mass is 32.2. The molecule has 3 N–H and O–H groups in total. The standard InChI is InChI=1S/C13H20N2O3S/c1-18-13(6-3-7-13)10-15-19(16,17)9-11-4-2-5-12(14)8-11/h2,4-5,8,15H,3,6-7,9-10,14H2,1H3.